The van der Waals surface area contributed by atoms with E-state index >= 15 is 0 Å². The molecule has 2 rings (SSSR count). The number of aromatic nitrogens is 1. The second-order valence-electron chi connectivity index (χ2n) is 3.97. The summed E-state index contributed by atoms with van der Waals surface area (Å²) in [5.74, 6) is 0.589. The number of pyridine rings is 1. The molecule has 5 heteroatoms. The standard InChI is InChI=1S/C15H12N4O/c1-20-14-6-2-4-11(8-16)15(14)19-10-12-5-3-7-18-13(12)9-17/h2-7,19H,10H2,1H3. The average molecular weight is 264 g/mol. The molecule has 1 N–H and O–H groups in total. The van der Waals surface area contributed by atoms with Crippen LogP contribution in [-0.2, 0) is 6.54 Å². The van der Waals surface area contributed by atoms with Crippen LogP contribution in [0.1, 0.15) is 16.8 Å². The maximum Gasteiger partial charge on any atom is 0.145 e. The fourth-order valence-corrected chi connectivity index (χ4v) is 1.84. The van der Waals surface area contributed by atoms with Crippen molar-refractivity contribution in [2.45, 2.75) is 6.54 Å². The largest absolute Gasteiger partial charge is 0.495 e. The monoisotopic (exact) mass is 264 g/mol. The minimum atomic E-state index is 0.369. The van der Waals surface area contributed by atoms with Crippen LogP contribution in [-0.4, -0.2) is 12.1 Å². The van der Waals surface area contributed by atoms with E-state index in [1.54, 1.807) is 37.6 Å². The summed E-state index contributed by atoms with van der Waals surface area (Å²) < 4.78 is 5.24. The zero-order chi connectivity index (χ0) is 14.4. The maximum absolute atomic E-state index is 9.13. The van der Waals surface area contributed by atoms with Crippen molar-refractivity contribution in [2.24, 2.45) is 0 Å². The fraction of sp³-hybridized carbons (Fsp3) is 0.133. The molecule has 2 aromatic rings. The van der Waals surface area contributed by atoms with E-state index in [2.05, 4.69) is 16.4 Å². The van der Waals surface area contributed by atoms with E-state index in [4.69, 9.17) is 15.3 Å². The molecule has 0 atom stereocenters. The lowest BCUT2D eigenvalue weighted by molar-refractivity contribution is 0.416. The van der Waals surface area contributed by atoms with Gasteiger partial charge in [-0.25, -0.2) is 4.98 Å². The molecular formula is C15H12N4O. The summed E-state index contributed by atoms with van der Waals surface area (Å²) in [5.41, 5.74) is 2.25. The highest BCUT2D eigenvalue weighted by Crippen LogP contribution is 2.28. The zero-order valence-corrected chi connectivity index (χ0v) is 10.9. The minimum Gasteiger partial charge on any atom is -0.495 e. The van der Waals surface area contributed by atoms with Crippen LogP contribution >= 0.6 is 0 Å². The maximum atomic E-state index is 9.13. The van der Waals surface area contributed by atoms with Crippen molar-refractivity contribution in [1.29, 1.82) is 10.5 Å². The van der Waals surface area contributed by atoms with Gasteiger partial charge in [-0.3, -0.25) is 0 Å². The number of nitriles is 2. The third-order valence-electron chi connectivity index (χ3n) is 2.82. The number of hydrogen-bond donors (Lipinski definition) is 1. The first-order chi connectivity index (χ1) is 9.80. The van der Waals surface area contributed by atoms with Gasteiger partial charge in [0, 0.05) is 18.3 Å². The van der Waals surface area contributed by atoms with Crippen LogP contribution in [0.4, 0.5) is 5.69 Å². The molecule has 0 unspecified atom stereocenters. The van der Waals surface area contributed by atoms with Gasteiger partial charge < -0.3 is 10.1 Å². The van der Waals surface area contributed by atoms with Gasteiger partial charge in [0.1, 0.15) is 23.6 Å². The molecule has 0 fully saturated rings. The number of anilines is 1. The molecule has 0 radical (unpaired) electrons. The highest BCUT2D eigenvalue weighted by molar-refractivity contribution is 5.66. The van der Waals surface area contributed by atoms with Gasteiger partial charge in [-0.1, -0.05) is 12.1 Å². The number of para-hydroxylation sites is 1. The molecular weight excluding hydrogens is 252 g/mol. The van der Waals surface area contributed by atoms with E-state index in [9.17, 15) is 0 Å². The second-order valence-corrected chi connectivity index (χ2v) is 3.97. The van der Waals surface area contributed by atoms with Crippen LogP contribution in [0.25, 0.3) is 0 Å². The van der Waals surface area contributed by atoms with Gasteiger partial charge in [-0.05, 0) is 18.2 Å². The van der Waals surface area contributed by atoms with Crippen molar-refractivity contribution in [2.75, 3.05) is 12.4 Å². The van der Waals surface area contributed by atoms with Crippen LogP contribution in [0, 0.1) is 22.7 Å². The Labute approximate surface area is 117 Å². The first-order valence-electron chi connectivity index (χ1n) is 5.95. The topological polar surface area (TPSA) is 81.7 Å². The zero-order valence-electron chi connectivity index (χ0n) is 10.9. The van der Waals surface area contributed by atoms with Crippen molar-refractivity contribution >= 4 is 5.69 Å². The van der Waals surface area contributed by atoms with Gasteiger partial charge in [0.25, 0.3) is 0 Å². The normalized spacial score (nSPS) is 9.35. The van der Waals surface area contributed by atoms with Gasteiger partial charge in [0.15, 0.2) is 0 Å². The molecule has 0 saturated carbocycles. The second kappa shape index (κ2) is 6.21. The molecule has 0 bridgehead atoms. The number of hydrogen-bond acceptors (Lipinski definition) is 5. The van der Waals surface area contributed by atoms with Gasteiger partial charge in [0.05, 0.1) is 18.4 Å². The Bertz CT molecular complexity index is 698. The summed E-state index contributed by atoms with van der Waals surface area (Å²) >= 11 is 0. The molecule has 1 aromatic carbocycles. The molecule has 1 heterocycles. The van der Waals surface area contributed by atoms with Crippen LogP contribution in [0.15, 0.2) is 36.5 Å². The van der Waals surface area contributed by atoms with E-state index in [-0.39, 0.29) is 0 Å². The number of nitrogens with one attached hydrogen (secondary N) is 1. The van der Waals surface area contributed by atoms with Gasteiger partial charge in [-0.2, -0.15) is 10.5 Å². The first-order valence-corrected chi connectivity index (χ1v) is 5.95. The summed E-state index contributed by atoms with van der Waals surface area (Å²) in [6.07, 6.45) is 1.58. The average Bonchev–Trinajstić information content (AvgIpc) is 2.52. The van der Waals surface area contributed by atoms with E-state index in [1.165, 1.54) is 0 Å². The molecule has 1 aromatic heterocycles. The van der Waals surface area contributed by atoms with Crippen molar-refractivity contribution < 1.29 is 4.74 Å². The molecule has 0 aliphatic rings. The Hall–Kier alpha value is -3.05. The number of methoxy groups -OCH3 is 1. The van der Waals surface area contributed by atoms with Gasteiger partial charge in [-0.15, -0.1) is 0 Å². The van der Waals surface area contributed by atoms with E-state index < -0.39 is 0 Å². The lowest BCUT2D eigenvalue weighted by atomic mass is 10.1. The van der Waals surface area contributed by atoms with Crippen LogP contribution in [0.5, 0.6) is 5.75 Å². The number of benzene rings is 1. The Kier molecular flexibility index (Phi) is 4.16. The SMILES string of the molecule is COc1cccc(C#N)c1NCc1cccnc1C#N. The predicted octanol–water partition coefficient (Wildman–Crippen LogP) is 2.45. The summed E-state index contributed by atoms with van der Waals surface area (Å²) in [6, 6.07) is 13.0. The first kappa shape index (κ1) is 13.4. The smallest absolute Gasteiger partial charge is 0.145 e. The van der Waals surface area contributed by atoms with Crippen LogP contribution in [0.3, 0.4) is 0 Å². The lowest BCUT2D eigenvalue weighted by Crippen LogP contribution is -2.05. The third kappa shape index (κ3) is 2.68. The van der Waals surface area contributed by atoms with Crippen molar-refractivity contribution in [3.8, 4) is 17.9 Å². The number of rotatable bonds is 4. The summed E-state index contributed by atoms with van der Waals surface area (Å²) in [7, 11) is 1.55. The Morgan fingerprint density at radius 3 is 2.75 bits per heavy atom. The molecule has 0 amide bonds. The minimum absolute atomic E-state index is 0.369. The Morgan fingerprint density at radius 1 is 1.20 bits per heavy atom. The summed E-state index contributed by atoms with van der Waals surface area (Å²) in [5, 5.41) is 21.3. The number of ether oxygens (including phenoxy) is 1. The summed E-state index contributed by atoms with van der Waals surface area (Å²) in [6.45, 7) is 0.395. The highest BCUT2D eigenvalue weighted by Gasteiger charge is 2.09. The van der Waals surface area contributed by atoms with E-state index in [0.717, 1.165) is 5.56 Å². The van der Waals surface area contributed by atoms with E-state index in [0.29, 0.717) is 29.2 Å². The fourth-order valence-electron chi connectivity index (χ4n) is 1.84. The Morgan fingerprint density at radius 2 is 2.05 bits per heavy atom. The highest BCUT2D eigenvalue weighted by atomic mass is 16.5. The van der Waals surface area contributed by atoms with Crippen LogP contribution < -0.4 is 10.1 Å². The molecule has 0 aliphatic carbocycles. The third-order valence-corrected chi connectivity index (χ3v) is 2.82. The molecule has 0 saturated heterocycles. The summed E-state index contributed by atoms with van der Waals surface area (Å²) in [4.78, 5) is 4.00. The van der Waals surface area contributed by atoms with Crippen molar-refractivity contribution in [1.82, 2.24) is 4.98 Å². The lowest BCUT2D eigenvalue weighted by Gasteiger charge is -2.12. The molecule has 0 aliphatic heterocycles. The quantitative estimate of drug-likeness (QED) is 0.917. The molecule has 98 valence electrons. The van der Waals surface area contributed by atoms with Crippen LogP contribution in [0.2, 0.25) is 0 Å². The van der Waals surface area contributed by atoms with Crippen molar-refractivity contribution in [3.63, 3.8) is 0 Å². The van der Waals surface area contributed by atoms with Gasteiger partial charge >= 0.3 is 0 Å². The Balaban J connectivity index is 2.28. The van der Waals surface area contributed by atoms with E-state index in [1.807, 2.05) is 12.1 Å². The predicted molar refractivity (Wildman–Crippen MR) is 74.0 cm³/mol. The molecule has 20 heavy (non-hydrogen) atoms. The van der Waals surface area contributed by atoms with Crippen molar-refractivity contribution in [3.05, 3.63) is 53.3 Å². The molecule has 5 nitrogen and oxygen atoms in total. The molecule has 0 spiro atoms. The number of nitrogens with zero attached hydrogens (tertiary/aromatic N) is 3. The van der Waals surface area contributed by atoms with Gasteiger partial charge in [0.2, 0.25) is 0 Å².